The van der Waals surface area contributed by atoms with Gasteiger partial charge in [0, 0.05) is 11.6 Å². The van der Waals surface area contributed by atoms with Crippen molar-refractivity contribution in [3.63, 3.8) is 0 Å². The molecule has 0 unspecified atom stereocenters. The van der Waals surface area contributed by atoms with Crippen LogP contribution in [0.15, 0.2) is 12.1 Å². The molecule has 0 amide bonds. The third kappa shape index (κ3) is 1.81. The zero-order chi connectivity index (χ0) is 12.8. The Morgan fingerprint density at radius 3 is 2.29 bits per heavy atom. The van der Waals surface area contributed by atoms with Gasteiger partial charge in [-0.1, -0.05) is 13.8 Å². The van der Waals surface area contributed by atoms with Crippen molar-refractivity contribution in [2.75, 3.05) is 0 Å². The van der Waals surface area contributed by atoms with Crippen LogP contribution in [0.5, 0.6) is 0 Å². The van der Waals surface area contributed by atoms with E-state index in [-0.39, 0.29) is 11.5 Å². The van der Waals surface area contributed by atoms with Crippen LogP contribution >= 0.6 is 0 Å². The Balaban J connectivity index is 2.55. The summed E-state index contributed by atoms with van der Waals surface area (Å²) in [6.07, 6.45) is 0.838. The molecule has 0 heterocycles. The Kier molecular flexibility index (Phi) is 2.68. The van der Waals surface area contributed by atoms with E-state index in [9.17, 15) is 13.6 Å². The van der Waals surface area contributed by atoms with Gasteiger partial charge in [0.25, 0.3) is 0 Å². The molecule has 0 radical (unpaired) electrons. The number of rotatable bonds is 3. The van der Waals surface area contributed by atoms with Crippen molar-refractivity contribution in [3.8, 4) is 0 Å². The van der Waals surface area contributed by atoms with E-state index < -0.39 is 23.0 Å². The van der Waals surface area contributed by atoms with E-state index in [0.29, 0.717) is 18.4 Å². The lowest BCUT2D eigenvalue weighted by Crippen LogP contribution is -2.21. The van der Waals surface area contributed by atoms with E-state index in [4.69, 9.17) is 5.11 Å². The molecule has 1 aliphatic carbocycles. The molecule has 4 heteroatoms. The van der Waals surface area contributed by atoms with Gasteiger partial charge < -0.3 is 5.11 Å². The Morgan fingerprint density at radius 2 is 1.88 bits per heavy atom. The molecule has 1 aromatic carbocycles. The minimum atomic E-state index is -1.12. The van der Waals surface area contributed by atoms with Gasteiger partial charge in [-0.2, -0.15) is 0 Å². The molecule has 2 rings (SSSR count). The number of carbonyl (C=O) groups is 1. The van der Waals surface area contributed by atoms with Gasteiger partial charge in [0.05, 0.1) is 5.41 Å². The summed E-state index contributed by atoms with van der Waals surface area (Å²) in [7, 11) is 0. The largest absolute Gasteiger partial charge is 0.481 e. The lowest BCUT2D eigenvalue weighted by Gasteiger charge is -2.15. The molecule has 0 spiro atoms. The smallest absolute Gasteiger partial charge is 0.314 e. The molecule has 1 N–H and O–H groups in total. The highest BCUT2D eigenvalue weighted by atomic mass is 19.1. The highest BCUT2D eigenvalue weighted by molar-refractivity contribution is 5.85. The molecule has 0 aromatic heterocycles. The summed E-state index contributed by atoms with van der Waals surface area (Å²) in [5.41, 5.74) is -0.634. The molecule has 0 atom stereocenters. The standard InChI is InChI=1S/C13H14F2O2/c1-7(2)8-5-9(11(15)6-10(8)14)13(3-4-13)12(16)17/h5-7H,3-4H2,1-2H3,(H,16,17). The van der Waals surface area contributed by atoms with E-state index in [0.717, 1.165) is 6.07 Å². The van der Waals surface area contributed by atoms with Crippen LogP contribution in [0.1, 0.15) is 43.7 Å². The maximum Gasteiger partial charge on any atom is 0.314 e. The van der Waals surface area contributed by atoms with Gasteiger partial charge in [-0.25, -0.2) is 8.78 Å². The number of halogens is 2. The molecular weight excluding hydrogens is 226 g/mol. The Labute approximate surface area is 98.3 Å². The minimum Gasteiger partial charge on any atom is -0.481 e. The Bertz CT molecular complexity index is 477. The summed E-state index contributed by atoms with van der Waals surface area (Å²) in [4.78, 5) is 11.1. The van der Waals surface area contributed by atoms with Crippen LogP contribution in [-0.4, -0.2) is 11.1 Å². The average Bonchev–Trinajstić information content (AvgIpc) is 2.97. The van der Waals surface area contributed by atoms with Crippen molar-refractivity contribution >= 4 is 5.97 Å². The fourth-order valence-electron chi connectivity index (χ4n) is 2.10. The maximum atomic E-state index is 13.7. The second-order valence-electron chi connectivity index (χ2n) is 4.90. The van der Waals surface area contributed by atoms with Crippen molar-refractivity contribution < 1.29 is 18.7 Å². The first-order chi connectivity index (χ1) is 7.88. The van der Waals surface area contributed by atoms with Gasteiger partial charge in [0.2, 0.25) is 0 Å². The molecule has 92 valence electrons. The Hall–Kier alpha value is -1.45. The monoisotopic (exact) mass is 240 g/mol. The third-order valence-corrected chi connectivity index (χ3v) is 3.38. The lowest BCUT2D eigenvalue weighted by molar-refractivity contribution is -0.140. The second kappa shape index (κ2) is 3.79. The summed E-state index contributed by atoms with van der Waals surface area (Å²) < 4.78 is 27.2. The van der Waals surface area contributed by atoms with E-state index in [1.54, 1.807) is 13.8 Å². The fourth-order valence-corrected chi connectivity index (χ4v) is 2.10. The number of carboxylic acid groups (broad SMARTS) is 1. The molecule has 2 nitrogen and oxygen atoms in total. The highest BCUT2D eigenvalue weighted by Gasteiger charge is 2.53. The summed E-state index contributed by atoms with van der Waals surface area (Å²) >= 11 is 0. The van der Waals surface area contributed by atoms with E-state index >= 15 is 0 Å². The summed E-state index contributed by atoms with van der Waals surface area (Å²) in [6.45, 7) is 3.58. The molecule has 1 aromatic rings. The first-order valence-corrected chi connectivity index (χ1v) is 5.61. The predicted molar refractivity (Wildman–Crippen MR) is 59.0 cm³/mol. The quantitative estimate of drug-likeness (QED) is 0.880. The first kappa shape index (κ1) is 12.0. The second-order valence-corrected chi connectivity index (χ2v) is 4.90. The van der Waals surface area contributed by atoms with Gasteiger partial charge in [-0.05, 0) is 30.4 Å². The normalized spacial score (nSPS) is 17.2. The highest BCUT2D eigenvalue weighted by Crippen LogP contribution is 2.50. The van der Waals surface area contributed by atoms with Crippen LogP contribution in [-0.2, 0) is 10.2 Å². The van der Waals surface area contributed by atoms with Crippen LogP contribution in [0.2, 0.25) is 0 Å². The lowest BCUT2D eigenvalue weighted by atomic mass is 9.91. The minimum absolute atomic E-state index is 0.0982. The molecule has 1 aliphatic rings. The van der Waals surface area contributed by atoms with E-state index in [1.165, 1.54) is 6.07 Å². The predicted octanol–water partition coefficient (Wildman–Crippen LogP) is 3.20. The molecular formula is C13H14F2O2. The van der Waals surface area contributed by atoms with Crippen LogP contribution in [0, 0.1) is 11.6 Å². The number of aliphatic carboxylic acids is 1. The zero-order valence-corrected chi connectivity index (χ0v) is 9.76. The van der Waals surface area contributed by atoms with Gasteiger partial charge in [-0.15, -0.1) is 0 Å². The number of hydrogen-bond donors (Lipinski definition) is 1. The van der Waals surface area contributed by atoms with Gasteiger partial charge in [0.15, 0.2) is 0 Å². The van der Waals surface area contributed by atoms with Crippen molar-refractivity contribution in [2.24, 2.45) is 0 Å². The van der Waals surface area contributed by atoms with Crippen molar-refractivity contribution in [1.82, 2.24) is 0 Å². The number of carboxylic acids is 1. The Morgan fingerprint density at radius 1 is 1.29 bits per heavy atom. The van der Waals surface area contributed by atoms with Gasteiger partial charge >= 0.3 is 5.97 Å². The number of benzene rings is 1. The summed E-state index contributed by atoms with van der Waals surface area (Å²) in [5.74, 6) is -2.49. The summed E-state index contributed by atoms with van der Waals surface area (Å²) in [5, 5.41) is 9.12. The molecule has 1 fully saturated rings. The van der Waals surface area contributed by atoms with Crippen LogP contribution in [0.25, 0.3) is 0 Å². The maximum absolute atomic E-state index is 13.7. The topological polar surface area (TPSA) is 37.3 Å². The van der Waals surface area contributed by atoms with Gasteiger partial charge in [-0.3, -0.25) is 4.79 Å². The van der Waals surface area contributed by atoms with Crippen LogP contribution in [0.3, 0.4) is 0 Å². The summed E-state index contributed by atoms with van der Waals surface area (Å²) in [6, 6.07) is 2.17. The van der Waals surface area contributed by atoms with Crippen molar-refractivity contribution in [3.05, 3.63) is 34.9 Å². The molecule has 1 saturated carbocycles. The third-order valence-electron chi connectivity index (χ3n) is 3.38. The average molecular weight is 240 g/mol. The SMILES string of the molecule is CC(C)c1cc(C2(C(=O)O)CC2)c(F)cc1F. The van der Waals surface area contributed by atoms with Crippen LogP contribution < -0.4 is 0 Å². The molecule has 0 aliphatic heterocycles. The zero-order valence-electron chi connectivity index (χ0n) is 9.76. The molecule has 0 saturated heterocycles. The van der Waals surface area contributed by atoms with E-state index in [2.05, 4.69) is 0 Å². The van der Waals surface area contributed by atoms with Crippen molar-refractivity contribution in [2.45, 2.75) is 38.0 Å². The van der Waals surface area contributed by atoms with Gasteiger partial charge in [0.1, 0.15) is 11.6 Å². The fraction of sp³-hybridized carbons (Fsp3) is 0.462. The first-order valence-electron chi connectivity index (χ1n) is 5.61. The van der Waals surface area contributed by atoms with Crippen molar-refractivity contribution in [1.29, 1.82) is 0 Å². The molecule has 0 bridgehead atoms. The van der Waals surface area contributed by atoms with E-state index in [1.807, 2.05) is 0 Å². The van der Waals surface area contributed by atoms with Crippen LogP contribution in [0.4, 0.5) is 8.78 Å². The number of hydrogen-bond acceptors (Lipinski definition) is 1. The molecule has 17 heavy (non-hydrogen) atoms.